The standard InChI is InChI=1S/C12H9NOS/c14-7-3-4-11-8-10(9-15-11)12-5-1-2-6-13-12/h1-2,5-6,8-9,14H,7H2. The molecule has 0 unspecified atom stereocenters. The third kappa shape index (κ3) is 2.44. The van der Waals surface area contributed by atoms with E-state index in [2.05, 4.69) is 16.8 Å². The van der Waals surface area contributed by atoms with Crippen LogP contribution in [0.25, 0.3) is 11.3 Å². The minimum Gasteiger partial charge on any atom is -0.384 e. The van der Waals surface area contributed by atoms with Crippen molar-refractivity contribution in [1.29, 1.82) is 0 Å². The smallest absolute Gasteiger partial charge is 0.104 e. The van der Waals surface area contributed by atoms with Gasteiger partial charge in [0.2, 0.25) is 0 Å². The zero-order valence-electron chi connectivity index (χ0n) is 7.97. The van der Waals surface area contributed by atoms with Gasteiger partial charge >= 0.3 is 0 Å². The van der Waals surface area contributed by atoms with Crippen LogP contribution in [0.4, 0.5) is 0 Å². The van der Waals surface area contributed by atoms with Crippen molar-refractivity contribution >= 4 is 11.3 Å². The summed E-state index contributed by atoms with van der Waals surface area (Å²) in [5.74, 6) is 5.50. The number of aromatic nitrogens is 1. The molecule has 2 nitrogen and oxygen atoms in total. The van der Waals surface area contributed by atoms with Crippen LogP contribution in [0.5, 0.6) is 0 Å². The number of hydrogen-bond donors (Lipinski definition) is 1. The van der Waals surface area contributed by atoms with Crippen molar-refractivity contribution in [1.82, 2.24) is 4.98 Å². The first-order valence-electron chi connectivity index (χ1n) is 4.50. The van der Waals surface area contributed by atoms with Crippen LogP contribution in [-0.4, -0.2) is 16.7 Å². The van der Waals surface area contributed by atoms with E-state index >= 15 is 0 Å². The van der Waals surface area contributed by atoms with Gasteiger partial charge in [0.25, 0.3) is 0 Å². The molecule has 0 aliphatic heterocycles. The lowest BCUT2D eigenvalue weighted by molar-refractivity contribution is 0.350. The highest BCUT2D eigenvalue weighted by atomic mass is 32.1. The zero-order chi connectivity index (χ0) is 10.5. The largest absolute Gasteiger partial charge is 0.384 e. The number of aliphatic hydroxyl groups excluding tert-OH is 1. The molecular weight excluding hydrogens is 206 g/mol. The number of aliphatic hydroxyl groups is 1. The quantitative estimate of drug-likeness (QED) is 0.739. The molecule has 15 heavy (non-hydrogen) atoms. The van der Waals surface area contributed by atoms with Crippen molar-refractivity contribution in [3.63, 3.8) is 0 Å². The Kier molecular flexibility index (Phi) is 3.13. The SMILES string of the molecule is OCC#Cc1cc(-c2ccccn2)cs1. The van der Waals surface area contributed by atoms with Crippen molar-refractivity contribution < 1.29 is 5.11 Å². The fraction of sp³-hybridized carbons (Fsp3) is 0.0833. The van der Waals surface area contributed by atoms with E-state index < -0.39 is 0 Å². The van der Waals surface area contributed by atoms with Crippen molar-refractivity contribution in [2.24, 2.45) is 0 Å². The van der Waals surface area contributed by atoms with Crippen molar-refractivity contribution in [2.45, 2.75) is 0 Å². The molecule has 0 aliphatic rings. The Balaban J connectivity index is 2.28. The van der Waals surface area contributed by atoms with Crippen LogP contribution in [0.3, 0.4) is 0 Å². The topological polar surface area (TPSA) is 33.1 Å². The predicted octanol–water partition coefficient (Wildman–Crippen LogP) is 2.15. The Bertz CT molecular complexity index is 493. The number of hydrogen-bond acceptors (Lipinski definition) is 3. The number of nitrogens with zero attached hydrogens (tertiary/aromatic N) is 1. The molecule has 1 N–H and O–H groups in total. The van der Waals surface area contributed by atoms with E-state index in [9.17, 15) is 0 Å². The summed E-state index contributed by atoms with van der Waals surface area (Å²) in [6.45, 7) is -0.100. The first-order valence-corrected chi connectivity index (χ1v) is 5.38. The molecule has 2 aromatic rings. The van der Waals surface area contributed by atoms with Crippen molar-refractivity contribution in [2.75, 3.05) is 6.61 Å². The average molecular weight is 215 g/mol. The Labute approximate surface area is 92.2 Å². The van der Waals surface area contributed by atoms with Gasteiger partial charge in [0, 0.05) is 17.1 Å². The van der Waals surface area contributed by atoms with E-state index in [1.54, 1.807) is 17.5 Å². The summed E-state index contributed by atoms with van der Waals surface area (Å²) in [5, 5.41) is 10.6. The number of rotatable bonds is 1. The average Bonchev–Trinajstić information content (AvgIpc) is 2.76. The van der Waals surface area contributed by atoms with E-state index in [1.807, 2.05) is 29.6 Å². The summed E-state index contributed by atoms with van der Waals surface area (Å²) in [6, 6.07) is 7.79. The minimum atomic E-state index is -0.100. The van der Waals surface area contributed by atoms with Crippen LogP contribution in [0, 0.1) is 11.8 Å². The third-order valence-electron chi connectivity index (χ3n) is 1.85. The van der Waals surface area contributed by atoms with Gasteiger partial charge in [0.15, 0.2) is 0 Å². The first-order chi connectivity index (χ1) is 7.40. The molecule has 3 heteroatoms. The molecule has 0 aliphatic carbocycles. The summed E-state index contributed by atoms with van der Waals surface area (Å²) in [5.41, 5.74) is 2.02. The molecule has 0 amide bonds. The van der Waals surface area contributed by atoms with Gasteiger partial charge in [0.1, 0.15) is 6.61 Å². The van der Waals surface area contributed by atoms with Gasteiger partial charge < -0.3 is 5.11 Å². The molecular formula is C12H9NOS. The van der Waals surface area contributed by atoms with E-state index in [0.29, 0.717) is 0 Å². The van der Waals surface area contributed by atoms with Crippen LogP contribution in [0.1, 0.15) is 4.88 Å². The summed E-state index contributed by atoms with van der Waals surface area (Å²) in [6.07, 6.45) is 1.77. The highest BCUT2D eigenvalue weighted by molar-refractivity contribution is 7.11. The monoisotopic (exact) mass is 215 g/mol. The van der Waals surface area contributed by atoms with E-state index in [0.717, 1.165) is 16.1 Å². The zero-order valence-corrected chi connectivity index (χ0v) is 8.79. The second kappa shape index (κ2) is 4.74. The maximum Gasteiger partial charge on any atom is 0.104 e. The molecule has 0 atom stereocenters. The van der Waals surface area contributed by atoms with Crippen molar-refractivity contribution in [3.05, 3.63) is 40.7 Å². The molecule has 2 aromatic heterocycles. The molecule has 2 rings (SSSR count). The van der Waals surface area contributed by atoms with Gasteiger partial charge in [-0.3, -0.25) is 4.98 Å². The Morgan fingerprint density at radius 3 is 3.07 bits per heavy atom. The van der Waals surface area contributed by atoms with E-state index in [-0.39, 0.29) is 6.61 Å². The second-order valence-corrected chi connectivity index (χ2v) is 3.79. The van der Waals surface area contributed by atoms with E-state index in [1.165, 1.54) is 0 Å². The highest BCUT2D eigenvalue weighted by Crippen LogP contribution is 2.22. The van der Waals surface area contributed by atoms with Crippen LogP contribution < -0.4 is 0 Å². The Morgan fingerprint density at radius 1 is 1.40 bits per heavy atom. The summed E-state index contributed by atoms with van der Waals surface area (Å²) < 4.78 is 0. The normalized spacial score (nSPS) is 9.40. The van der Waals surface area contributed by atoms with Gasteiger partial charge in [0.05, 0.1) is 10.6 Å². The molecule has 74 valence electrons. The molecule has 0 saturated heterocycles. The molecule has 0 radical (unpaired) electrons. The van der Waals surface area contributed by atoms with Crippen LogP contribution >= 0.6 is 11.3 Å². The second-order valence-electron chi connectivity index (χ2n) is 2.87. The summed E-state index contributed by atoms with van der Waals surface area (Å²) in [4.78, 5) is 5.20. The van der Waals surface area contributed by atoms with Gasteiger partial charge in [-0.15, -0.1) is 11.3 Å². The molecule has 0 aromatic carbocycles. The Hall–Kier alpha value is -1.63. The molecule has 2 heterocycles. The maximum absolute atomic E-state index is 8.57. The minimum absolute atomic E-state index is 0.100. The molecule has 0 bridgehead atoms. The summed E-state index contributed by atoms with van der Waals surface area (Å²) >= 11 is 1.56. The lowest BCUT2D eigenvalue weighted by Gasteiger charge is -1.92. The highest BCUT2D eigenvalue weighted by Gasteiger charge is 2.00. The van der Waals surface area contributed by atoms with Gasteiger partial charge in [-0.05, 0) is 18.2 Å². The lowest BCUT2D eigenvalue weighted by Crippen LogP contribution is -1.77. The summed E-state index contributed by atoms with van der Waals surface area (Å²) in [7, 11) is 0. The van der Waals surface area contributed by atoms with Gasteiger partial charge in [-0.1, -0.05) is 17.9 Å². The van der Waals surface area contributed by atoms with Crippen LogP contribution in [0.2, 0.25) is 0 Å². The van der Waals surface area contributed by atoms with Gasteiger partial charge in [-0.2, -0.15) is 0 Å². The van der Waals surface area contributed by atoms with Crippen LogP contribution in [-0.2, 0) is 0 Å². The molecule has 0 saturated carbocycles. The lowest BCUT2D eigenvalue weighted by atomic mass is 10.2. The maximum atomic E-state index is 8.57. The molecule has 0 spiro atoms. The third-order valence-corrected chi connectivity index (χ3v) is 2.70. The predicted molar refractivity (Wildman–Crippen MR) is 61.5 cm³/mol. The fourth-order valence-corrected chi connectivity index (χ4v) is 1.97. The number of pyridine rings is 1. The number of thiophene rings is 1. The van der Waals surface area contributed by atoms with Crippen molar-refractivity contribution in [3.8, 4) is 23.1 Å². The molecule has 0 fully saturated rings. The van der Waals surface area contributed by atoms with Crippen LogP contribution in [0.15, 0.2) is 35.8 Å². The Morgan fingerprint density at radius 2 is 2.33 bits per heavy atom. The van der Waals surface area contributed by atoms with E-state index in [4.69, 9.17) is 5.11 Å². The first kappa shape index (κ1) is 9.91. The fourth-order valence-electron chi connectivity index (χ4n) is 1.20. The van der Waals surface area contributed by atoms with Gasteiger partial charge in [-0.25, -0.2) is 0 Å².